The SMILES string of the molecule is COc1ccc(C(=O)Nc2ncnc3c2N=C[N+]3(CC(=O)N(CCN(c2ccc(OC)cc2)C(c2ccccc2)c2ccccc2)CC(=O)O)[C@@H]2O[C@H](C)[C@@H](O)[C@H]2O)cc1. The van der Waals surface area contributed by atoms with Crippen LogP contribution in [-0.2, 0) is 14.3 Å². The van der Waals surface area contributed by atoms with Gasteiger partial charge in [0.05, 0.1) is 26.4 Å². The maximum Gasteiger partial charge on any atom is 0.323 e. The van der Waals surface area contributed by atoms with Gasteiger partial charge in [0, 0.05) is 24.3 Å². The number of aliphatic imine (C=N–C) groups is 1. The third-order valence-electron chi connectivity index (χ3n) is 10.7. The van der Waals surface area contributed by atoms with Crippen molar-refractivity contribution in [1.82, 2.24) is 19.4 Å². The van der Waals surface area contributed by atoms with Crippen LogP contribution in [0.1, 0.15) is 34.5 Å². The summed E-state index contributed by atoms with van der Waals surface area (Å²) in [6.45, 7) is 0.558. The van der Waals surface area contributed by atoms with Crippen molar-refractivity contribution >= 4 is 47.1 Å². The molecule has 1 saturated heterocycles. The molecule has 5 atom stereocenters. The molecule has 7 rings (SSSR count). The first kappa shape index (κ1) is 41.4. The minimum Gasteiger partial charge on any atom is -0.497 e. The molecule has 16 heteroatoms. The van der Waals surface area contributed by atoms with Crippen molar-refractivity contribution in [2.24, 2.45) is 4.99 Å². The molecule has 0 aliphatic carbocycles. The van der Waals surface area contributed by atoms with Crippen LogP contribution < -0.4 is 24.2 Å². The molecule has 0 bridgehead atoms. The Morgan fingerprint density at radius 3 is 1.97 bits per heavy atom. The number of nitrogens with one attached hydrogen (secondary N) is 1. The molecule has 5 aromatic rings. The largest absolute Gasteiger partial charge is 0.497 e. The van der Waals surface area contributed by atoms with Crippen molar-refractivity contribution in [2.45, 2.75) is 37.5 Å². The lowest BCUT2D eigenvalue weighted by molar-refractivity contribution is -0.145. The lowest BCUT2D eigenvalue weighted by Crippen LogP contribution is -2.63. The lowest BCUT2D eigenvalue weighted by atomic mass is 9.96. The van der Waals surface area contributed by atoms with Gasteiger partial charge in [0.15, 0.2) is 30.5 Å². The summed E-state index contributed by atoms with van der Waals surface area (Å²) >= 11 is 0. The van der Waals surface area contributed by atoms with Gasteiger partial charge in [-0.25, -0.2) is 4.98 Å². The summed E-state index contributed by atoms with van der Waals surface area (Å²) in [5, 5.41) is 35.2. The third kappa shape index (κ3) is 8.53. The molecule has 2 amide bonds. The van der Waals surface area contributed by atoms with Crippen LogP contribution in [0, 0.1) is 0 Å². The van der Waals surface area contributed by atoms with Crippen molar-refractivity contribution in [2.75, 3.05) is 50.6 Å². The molecular weight excluding hydrogens is 771 g/mol. The number of carboxylic acids is 1. The number of aliphatic hydroxyl groups is 2. The Bertz CT molecular complexity index is 2280. The van der Waals surface area contributed by atoms with Crippen molar-refractivity contribution in [3.63, 3.8) is 0 Å². The second-order valence-electron chi connectivity index (χ2n) is 14.4. The zero-order valence-corrected chi connectivity index (χ0v) is 33.2. The van der Waals surface area contributed by atoms with Gasteiger partial charge >= 0.3 is 5.97 Å². The van der Waals surface area contributed by atoms with E-state index in [0.29, 0.717) is 17.1 Å². The number of hydrogen-bond donors (Lipinski definition) is 4. The minimum absolute atomic E-state index is 0.0241. The van der Waals surface area contributed by atoms with Crippen molar-refractivity contribution in [3.05, 3.63) is 132 Å². The van der Waals surface area contributed by atoms with E-state index in [0.717, 1.165) is 16.8 Å². The molecule has 0 saturated carbocycles. The fourth-order valence-electron chi connectivity index (χ4n) is 7.63. The van der Waals surface area contributed by atoms with Crippen LogP contribution in [0.2, 0.25) is 0 Å². The number of benzene rings is 4. The fraction of sp³-hybridized carbons (Fsp3) is 0.273. The van der Waals surface area contributed by atoms with Crippen LogP contribution in [-0.4, -0.2) is 119 Å². The Balaban J connectivity index is 1.23. The zero-order chi connectivity index (χ0) is 42.4. The average molecular weight is 817 g/mol. The molecule has 2 aliphatic rings. The molecule has 0 spiro atoms. The molecule has 4 N–H and O–H groups in total. The number of anilines is 2. The van der Waals surface area contributed by atoms with E-state index >= 15 is 0 Å². The normalized spacial score (nSPS) is 20.4. The summed E-state index contributed by atoms with van der Waals surface area (Å²) in [6, 6.07) is 33.3. The van der Waals surface area contributed by atoms with Crippen molar-refractivity contribution < 1.29 is 43.9 Å². The lowest BCUT2D eigenvalue weighted by Gasteiger charge is -2.38. The van der Waals surface area contributed by atoms with Crippen molar-refractivity contribution in [1.29, 1.82) is 0 Å². The molecule has 3 heterocycles. The molecule has 310 valence electrons. The Kier molecular flexibility index (Phi) is 12.5. The molecule has 0 radical (unpaired) electrons. The molecule has 1 aromatic heterocycles. The number of aliphatic carboxylic acids is 1. The van der Waals surface area contributed by atoms with Gasteiger partial charge in [-0.1, -0.05) is 60.7 Å². The zero-order valence-electron chi connectivity index (χ0n) is 33.2. The third-order valence-corrected chi connectivity index (χ3v) is 10.7. The number of aromatic nitrogens is 2. The number of rotatable bonds is 16. The first-order chi connectivity index (χ1) is 29.0. The molecule has 2 aliphatic heterocycles. The smallest absolute Gasteiger partial charge is 0.323 e. The van der Waals surface area contributed by atoms with E-state index in [1.807, 2.05) is 84.9 Å². The van der Waals surface area contributed by atoms with E-state index in [2.05, 4.69) is 25.2 Å². The Morgan fingerprint density at radius 2 is 1.42 bits per heavy atom. The highest BCUT2D eigenvalue weighted by molar-refractivity contribution is 6.07. The number of carboxylic acid groups (broad SMARTS) is 1. The van der Waals surface area contributed by atoms with E-state index < -0.39 is 59.9 Å². The average Bonchev–Trinajstić information content (AvgIpc) is 3.77. The number of carbonyl (C=O) groups is 3. The summed E-state index contributed by atoms with van der Waals surface area (Å²) in [6.07, 6.45) is -2.44. The number of quaternary nitrogens is 1. The van der Waals surface area contributed by atoms with Gasteiger partial charge in [-0.15, -0.1) is 0 Å². The molecule has 1 fully saturated rings. The number of carbonyl (C=O) groups excluding carboxylic acids is 2. The standard InChI is InChI=1S/C44H45N7O9/c1-28-39(55)40(56)44(60-28)51(27-47-37-41(45-26-46-42(37)51)48-43(57)31-14-18-33(58-2)19-15-31)25-35(52)49(24-36(53)54)22-23-50(32-16-20-34(59-3)21-17-32)38(29-10-6-4-7-11-29)30-12-8-5-9-13-30/h4-21,26-28,38-40,44,55-56H,22-25H2,1-3H3,(H-,45,46,48,53,54,57)/p+1/t28-,39-,40-,44-,51?/m1/s1. The number of nitrogens with zero attached hydrogens (tertiary/aromatic N) is 6. The first-order valence-corrected chi connectivity index (χ1v) is 19.3. The first-order valence-electron chi connectivity index (χ1n) is 19.3. The Hall–Kier alpha value is -6.72. The highest BCUT2D eigenvalue weighted by Crippen LogP contribution is 2.45. The van der Waals surface area contributed by atoms with E-state index in [9.17, 15) is 29.7 Å². The Labute approximate surface area is 346 Å². The maximum atomic E-state index is 14.7. The van der Waals surface area contributed by atoms with Crippen LogP contribution in [0.15, 0.2) is 121 Å². The molecule has 60 heavy (non-hydrogen) atoms. The van der Waals surface area contributed by atoms with Gasteiger partial charge in [-0.3, -0.25) is 14.4 Å². The highest BCUT2D eigenvalue weighted by atomic mass is 16.6. The van der Waals surface area contributed by atoms with E-state index in [4.69, 9.17) is 14.2 Å². The van der Waals surface area contributed by atoms with Crippen LogP contribution in [0.5, 0.6) is 11.5 Å². The summed E-state index contributed by atoms with van der Waals surface area (Å²) in [5.74, 6) is -1.04. The van der Waals surface area contributed by atoms with Crippen molar-refractivity contribution in [3.8, 4) is 11.5 Å². The summed E-state index contributed by atoms with van der Waals surface area (Å²) in [5.41, 5.74) is 3.15. The van der Waals surface area contributed by atoms with Gasteiger partial charge in [0.1, 0.15) is 30.5 Å². The number of fused-ring (bicyclic) bond motifs is 1. The van der Waals surface area contributed by atoms with E-state index in [1.165, 1.54) is 24.7 Å². The minimum atomic E-state index is -1.51. The predicted octanol–water partition coefficient (Wildman–Crippen LogP) is 4.40. The monoisotopic (exact) mass is 816 g/mol. The highest BCUT2D eigenvalue weighted by Gasteiger charge is 2.58. The van der Waals surface area contributed by atoms with Gasteiger partial charge in [0.25, 0.3) is 17.6 Å². The van der Waals surface area contributed by atoms with Crippen LogP contribution in [0.4, 0.5) is 23.0 Å². The molecular formula is C44H46N7O9+. The number of ether oxygens (including phenoxy) is 3. The topological polar surface area (TPSA) is 196 Å². The second-order valence-corrected chi connectivity index (χ2v) is 14.4. The number of aliphatic hydroxyl groups excluding tert-OH is 2. The quantitative estimate of drug-likeness (QED) is 0.103. The molecule has 1 unspecified atom stereocenters. The number of methoxy groups -OCH3 is 2. The Morgan fingerprint density at radius 1 is 0.817 bits per heavy atom. The number of hydrogen-bond acceptors (Lipinski definition) is 12. The molecule has 16 nitrogen and oxygen atoms in total. The van der Waals surface area contributed by atoms with Crippen LogP contribution in [0.25, 0.3) is 0 Å². The van der Waals surface area contributed by atoms with Gasteiger partial charge in [-0.2, -0.15) is 14.5 Å². The van der Waals surface area contributed by atoms with E-state index in [1.54, 1.807) is 38.3 Å². The van der Waals surface area contributed by atoms with E-state index in [-0.39, 0.29) is 36.5 Å². The van der Waals surface area contributed by atoms with Gasteiger partial charge in [-0.05, 0) is 66.6 Å². The fourth-order valence-corrected chi connectivity index (χ4v) is 7.63. The van der Waals surface area contributed by atoms with Gasteiger partial charge in [0.2, 0.25) is 6.23 Å². The summed E-state index contributed by atoms with van der Waals surface area (Å²) < 4.78 is 16.1. The maximum absolute atomic E-state index is 14.7. The second kappa shape index (κ2) is 18.0. The van der Waals surface area contributed by atoms with Crippen LogP contribution >= 0.6 is 0 Å². The number of amides is 2. The molecule has 4 aromatic carbocycles. The predicted molar refractivity (Wildman–Crippen MR) is 223 cm³/mol. The van der Waals surface area contributed by atoms with Gasteiger partial charge < -0.3 is 44.6 Å². The summed E-state index contributed by atoms with van der Waals surface area (Å²) in [4.78, 5) is 57.2. The van der Waals surface area contributed by atoms with Crippen LogP contribution in [0.3, 0.4) is 0 Å². The summed E-state index contributed by atoms with van der Waals surface area (Å²) in [7, 11) is 3.10.